The Hall–Kier alpha value is -3.00. The number of amides is 1. The highest BCUT2D eigenvalue weighted by molar-refractivity contribution is 6.31. The van der Waals surface area contributed by atoms with Crippen molar-refractivity contribution < 1.29 is 18.3 Å². The van der Waals surface area contributed by atoms with Crippen LogP contribution in [-0.4, -0.2) is 27.3 Å². The minimum absolute atomic E-state index is 0.106. The maximum absolute atomic E-state index is 12.4. The zero-order valence-corrected chi connectivity index (χ0v) is 13.3. The van der Waals surface area contributed by atoms with Crippen LogP contribution in [0.1, 0.15) is 10.4 Å². The number of hydrogen-bond donors (Lipinski definition) is 1. The molecule has 9 heteroatoms. The van der Waals surface area contributed by atoms with Crippen LogP contribution in [0.4, 0.5) is 14.5 Å². The second kappa shape index (κ2) is 7.27. The Labute approximate surface area is 146 Å². The number of benzene rings is 2. The van der Waals surface area contributed by atoms with E-state index in [1.165, 1.54) is 41.6 Å². The van der Waals surface area contributed by atoms with E-state index in [1.54, 1.807) is 18.2 Å². The number of anilines is 1. The van der Waals surface area contributed by atoms with Crippen molar-refractivity contribution in [2.24, 2.45) is 0 Å². The highest BCUT2D eigenvalue weighted by Gasteiger charge is 2.13. The van der Waals surface area contributed by atoms with Gasteiger partial charge in [0, 0.05) is 10.6 Å². The smallest absolute Gasteiger partial charge is 0.387 e. The summed E-state index contributed by atoms with van der Waals surface area (Å²) >= 11 is 5.99. The van der Waals surface area contributed by atoms with E-state index in [1.807, 2.05) is 0 Å². The average Bonchev–Trinajstić information content (AvgIpc) is 3.09. The fourth-order valence-electron chi connectivity index (χ4n) is 2.15. The van der Waals surface area contributed by atoms with Crippen LogP contribution in [0.5, 0.6) is 5.75 Å². The number of aromatic nitrogens is 3. The third kappa shape index (κ3) is 4.10. The molecular formula is C16H11ClF2N4O2. The van der Waals surface area contributed by atoms with Crippen LogP contribution in [0, 0.1) is 0 Å². The zero-order chi connectivity index (χ0) is 17.8. The van der Waals surface area contributed by atoms with Gasteiger partial charge < -0.3 is 10.1 Å². The second-order valence-corrected chi connectivity index (χ2v) is 5.30. The van der Waals surface area contributed by atoms with Crippen molar-refractivity contribution in [2.45, 2.75) is 6.61 Å². The Morgan fingerprint density at radius 2 is 2.08 bits per heavy atom. The number of carbonyl (C=O) groups excluding carboxylic acids is 1. The molecule has 2 aromatic carbocycles. The van der Waals surface area contributed by atoms with Crippen molar-refractivity contribution in [3.63, 3.8) is 0 Å². The molecule has 0 atom stereocenters. The lowest BCUT2D eigenvalue weighted by Crippen LogP contribution is -2.14. The predicted octanol–water partition coefficient (Wildman–Crippen LogP) is 3.77. The Bertz CT molecular complexity index is 888. The van der Waals surface area contributed by atoms with Crippen LogP contribution in [-0.2, 0) is 0 Å². The molecule has 6 nitrogen and oxygen atoms in total. The maximum atomic E-state index is 12.4. The molecule has 128 valence electrons. The molecular weight excluding hydrogens is 354 g/mol. The summed E-state index contributed by atoms with van der Waals surface area (Å²) in [5.41, 5.74) is 1.10. The molecule has 0 saturated carbocycles. The summed E-state index contributed by atoms with van der Waals surface area (Å²) in [5.74, 6) is -0.617. The molecule has 0 aliphatic carbocycles. The topological polar surface area (TPSA) is 69.0 Å². The lowest BCUT2D eigenvalue weighted by molar-refractivity contribution is -0.0498. The first kappa shape index (κ1) is 16.8. The quantitative estimate of drug-likeness (QED) is 0.748. The van der Waals surface area contributed by atoms with Crippen LogP contribution in [0.3, 0.4) is 0 Å². The van der Waals surface area contributed by atoms with Crippen molar-refractivity contribution in [1.29, 1.82) is 0 Å². The van der Waals surface area contributed by atoms with Crippen molar-refractivity contribution >= 4 is 23.2 Å². The van der Waals surface area contributed by atoms with Crippen LogP contribution in [0.2, 0.25) is 5.02 Å². The largest absolute Gasteiger partial charge is 0.435 e. The molecule has 1 N–H and O–H groups in total. The Balaban J connectivity index is 1.87. The van der Waals surface area contributed by atoms with Crippen LogP contribution in [0.25, 0.3) is 5.69 Å². The number of hydrogen-bond acceptors (Lipinski definition) is 4. The molecule has 0 aliphatic heterocycles. The van der Waals surface area contributed by atoms with E-state index in [9.17, 15) is 13.6 Å². The Morgan fingerprint density at radius 3 is 2.80 bits per heavy atom. The van der Waals surface area contributed by atoms with Gasteiger partial charge in [0.25, 0.3) is 5.91 Å². The van der Waals surface area contributed by atoms with E-state index >= 15 is 0 Å². The monoisotopic (exact) mass is 364 g/mol. The second-order valence-electron chi connectivity index (χ2n) is 4.86. The Kier molecular flexibility index (Phi) is 4.90. The van der Waals surface area contributed by atoms with E-state index in [4.69, 9.17) is 11.6 Å². The van der Waals surface area contributed by atoms with Gasteiger partial charge in [-0.3, -0.25) is 4.79 Å². The lowest BCUT2D eigenvalue weighted by atomic mass is 10.2. The van der Waals surface area contributed by atoms with Gasteiger partial charge in [-0.15, -0.1) is 0 Å². The van der Waals surface area contributed by atoms with Gasteiger partial charge in [-0.1, -0.05) is 17.7 Å². The summed E-state index contributed by atoms with van der Waals surface area (Å²) < 4.78 is 30.4. The van der Waals surface area contributed by atoms with Gasteiger partial charge in [0.05, 0.1) is 11.4 Å². The molecule has 1 heterocycles. The highest BCUT2D eigenvalue weighted by Crippen LogP contribution is 2.25. The normalized spacial score (nSPS) is 10.7. The number of nitrogens with zero attached hydrogens (tertiary/aromatic N) is 3. The molecule has 0 saturated heterocycles. The molecule has 0 bridgehead atoms. The predicted molar refractivity (Wildman–Crippen MR) is 87.4 cm³/mol. The van der Waals surface area contributed by atoms with Gasteiger partial charge in [0.2, 0.25) is 0 Å². The molecule has 0 radical (unpaired) electrons. The molecule has 3 aromatic rings. The molecule has 0 spiro atoms. The van der Waals surface area contributed by atoms with Crippen molar-refractivity contribution in [3.8, 4) is 11.4 Å². The van der Waals surface area contributed by atoms with Gasteiger partial charge in [0.1, 0.15) is 18.4 Å². The fourth-order valence-corrected chi connectivity index (χ4v) is 2.32. The SMILES string of the molecule is O=C(Nc1cc(Cl)ccc1-n1cncn1)c1cccc(OC(F)F)c1. The number of alkyl halides is 2. The highest BCUT2D eigenvalue weighted by atomic mass is 35.5. The van der Waals surface area contributed by atoms with E-state index < -0.39 is 12.5 Å². The molecule has 1 aromatic heterocycles. The number of carbonyl (C=O) groups is 1. The van der Waals surface area contributed by atoms with Crippen LogP contribution >= 0.6 is 11.6 Å². The summed E-state index contributed by atoms with van der Waals surface area (Å²) in [7, 11) is 0. The van der Waals surface area contributed by atoms with Gasteiger partial charge in [0.15, 0.2) is 0 Å². The standard InChI is InChI=1S/C16H11ClF2N4O2/c17-11-4-5-14(23-9-20-8-21-23)13(7-11)22-15(24)10-2-1-3-12(6-10)25-16(18)19/h1-9,16H,(H,22,24). The third-order valence-electron chi connectivity index (χ3n) is 3.19. The van der Waals surface area contributed by atoms with Gasteiger partial charge in [-0.05, 0) is 36.4 Å². The van der Waals surface area contributed by atoms with Gasteiger partial charge in [-0.25, -0.2) is 9.67 Å². The van der Waals surface area contributed by atoms with Gasteiger partial charge in [-0.2, -0.15) is 13.9 Å². The molecule has 0 fully saturated rings. The van der Waals surface area contributed by atoms with E-state index in [-0.39, 0.29) is 11.3 Å². The zero-order valence-electron chi connectivity index (χ0n) is 12.6. The minimum atomic E-state index is -2.97. The van der Waals surface area contributed by atoms with E-state index in [0.29, 0.717) is 16.4 Å². The molecule has 0 aliphatic rings. The van der Waals surface area contributed by atoms with Crippen LogP contribution < -0.4 is 10.1 Å². The number of ether oxygens (including phenoxy) is 1. The number of nitrogens with one attached hydrogen (secondary N) is 1. The minimum Gasteiger partial charge on any atom is -0.435 e. The summed E-state index contributed by atoms with van der Waals surface area (Å²) in [6.07, 6.45) is 2.82. The number of rotatable bonds is 5. The average molecular weight is 365 g/mol. The van der Waals surface area contributed by atoms with Crippen LogP contribution in [0.15, 0.2) is 55.1 Å². The summed E-state index contributed by atoms with van der Waals surface area (Å²) in [6.45, 7) is -2.97. The summed E-state index contributed by atoms with van der Waals surface area (Å²) in [6, 6.07) is 10.4. The molecule has 25 heavy (non-hydrogen) atoms. The third-order valence-corrected chi connectivity index (χ3v) is 3.43. The van der Waals surface area contributed by atoms with Gasteiger partial charge >= 0.3 is 6.61 Å². The summed E-state index contributed by atoms with van der Waals surface area (Å²) in [4.78, 5) is 16.3. The van der Waals surface area contributed by atoms with Crippen molar-refractivity contribution in [1.82, 2.24) is 14.8 Å². The molecule has 1 amide bonds. The maximum Gasteiger partial charge on any atom is 0.387 e. The first-order valence-corrected chi connectivity index (χ1v) is 7.41. The van der Waals surface area contributed by atoms with E-state index in [2.05, 4.69) is 20.1 Å². The van der Waals surface area contributed by atoms with Crippen molar-refractivity contribution in [3.05, 3.63) is 65.7 Å². The molecule has 3 rings (SSSR count). The summed E-state index contributed by atoms with van der Waals surface area (Å²) in [5, 5.41) is 7.10. The van der Waals surface area contributed by atoms with Crippen molar-refractivity contribution in [2.75, 3.05) is 5.32 Å². The first-order valence-electron chi connectivity index (χ1n) is 7.04. The fraction of sp³-hybridized carbons (Fsp3) is 0.0625. The van der Waals surface area contributed by atoms with E-state index in [0.717, 1.165) is 0 Å². The Morgan fingerprint density at radius 1 is 1.24 bits per heavy atom. The lowest BCUT2D eigenvalue weighted by Gasteiger charge is -2.12. The molecule has 0 unspecified atom stereocenters. The number of halogens is 3. The first-order chi connectivity index (χ1) is 12.0.